The summed E-state index contributed by atoms with van der Waals surface area (Å²) in [7, 11) is 0. The van der Waals surface area contributed by atoms with Crippen LogP contribution in [0.15, 0.2) is 45.3 Å². The maximum absolute atomic E-state index is 12.6. The molecule has 4 rings (SSSR count). The highest BCUT2D eigenvalue weighted by atomic mass is 79.9. The van der Waals surface area contributed by atoms with Gasteiger partial charge in [0.05, 0.1) is 0 Å². The van der Waals surface area contributed by atoms with Crippen LogP contribution >= 0.6 is 15.9 Å². The number of nitrogens with zero attached hydrogens (tertiary/aromatic N) is 1. The highest BCUT2D eigenvalue weighted by molar-refractivity contribution is 9.10. The Morgan fingerprint density at radius 3 is 2.50 bits per heavy atom. The SMILES string of the molecule is CC(C)(C)OC(=O)N1CCCC1C(=O)OCC(=O)c1ccc2c(c1)oc1cc(Br)ccc12. The Bertz CT molecular complexity index is 1210. The minimum atomic E-state index is -0.742. The number of amides is 1. The molecule has 1 unspecified atom stereocenters. The van der Waals surface area contributed by atoms with Gasteiger partial charge in [0, 0.05) is 27.4 Å². The van der Waals surface area contributed by atoms with E-state index >= 15 is 0 Å². The summed E-state index contributed by atoms with van der Waals surface area (Å²) in [6.07, 6.45) is 0.601. The molecule has 7 nitrogen and oxygen atoms in total. The summed E-state index contributed by atoms with van der Waals surface area (Å²) in [5.41, 5.74) is 1.03. The summed E-state index contributed by atoms with van der Waals surface area (Å²) in [5, 5.41) is 1.86. The van der Waals surface area contributed by atoms with Gasteiger partial charge in [-0.25, -0.2) is 9.59 Å². The fourth-order valence-corrected chi connectivity index (χ4v) is 4.13. The Labute approximate surface area is 193 Å². The summed E-state index contributed by atoms with van der Waals surface area (Å²) >= 11 is 3.42. The van der Waals surface area contributed by atoms with E-state index in [4.69, 9.17) is 13.9 Å². The topological polar surface area (TPSA) is 86.0 Å². The fourth-order valence-electron chi connectivity index (χ4n) is 3.79. The summed E-state index contributed by atoms with van der Waals surface area (Å²) < 4.78 is 17.4. The van der Waals surface area contributed by atoms with Crippen molar-refractivity contribution < 1.29 is 28.3 Å². The van der Waals surface area contributed by atoms with Gasteiger partial charge >= 0.3 is 12.1 Å². The molecule has 1 fully saturated rings. The second-order valence-electron chi connectivity index (χ2n) is 8.82. The molecule has 0 radical (unpaired) electrons. The molecule has 0 bridgehead atoms. The van der Waals surface area contributed by atoms with Gasteiger partial charge < -0.3 is 13.9 Å². The number of fused-ring (bicyclic) bond motifs is 3. The van der Waals surface area contributed by atoms with E-state index in [1.165, 1.54) is 4.90 Å². The average Bonchev–Trinajstić information content (AvgIpc) is 3.34. The summed E-state index contributed by atoms with van der Waals surface area (Å²) in [6.45, 7) is 5.32. The van der Waals surface area contributed by atoms with E-state index < -0.39 is 30.3 Å². The minimum absolute atomic E-state index is 0.344. The fraction of sp³-hybridized carbons (Fsp3) is 0.375. The molecule has 1 saturated heterocycles. The standard InChI is InChI=1S/C24H24BrNO6/c1-24(2,3)32-23(29)26-10-4-5-18(26)22(28)30-13-19(27)14-6-8-16-17-9-7-15(25)12-21(17)31-20(16)11-14/h6-9,11-12,18H,4-5,10,13H2,1-3H3. The van der Waals surface area contributed by atoms with Gasteiger partial charge in [-0.1, -0.05) is 22.0 Å². The quantitative estimate of drug-likeness (QED) is 0.347. The Kier molecular flexibility index (Phi) is 5.99. The molecule has 2 aromatic carbocycles. The van der Waals surface area contributed by atoms with Gasteiger partial charge in [-0.05, 0) is 63.9 Å². The Hall–Kier alpha value is -2.87. The molecule has 1 atom stereocenters. The maximum Gasteiger partial charge on any atom is 0.411 e. The van der Waals surface area contributed by atoms with Crippen LogP contribution in [0, 0.1) is 0 Å². The molecule has 168 valence electrons. The Balaban J connectivity index is 1.42. The molecule has 0 N–H and O–H groups in total. The smallest absolute Gasteiger partial charge is 0.411 e. The molecular weight excluding hydrogens is 478 g/mol. The van der Waals surface area contributed by atoms with E-state index in [-0.39, 0.29) is 5.78 Å². The number of halogens is 1. The van der Waals surface area contributed by atoms with Gasteiger partial charge in [0.2, 0.25) is 0 Å². The zero-order chi connectivity index (χ0) is 23.0. The first-order valence-corrected chi connectivity index (χ1v) is 11.2. The van der Waals surface area contributed by atoms with E-state index in [1.807, 2.05) is 24.3 Å². The second-order valence-corrected chi connectivity index (χ2v) is 9.73. The van der Waals surface area contributed by atoms with Gasteiger partial charge in [0.1, 0.15) is 22.8 Å². The van der Waals surface area contributed by atoms with Crippen LogP contribution in [0.3, 0.4) is 0 Å². The lowest BCUT2D eigenvalue weighted by Crippen LogP contribution is -2.44. The summed E-state index contributed by atoms with van der Waals surface area (Å²) in [4.78, 5) is 39.0. The number of furan rings is 1. The summed E-state index contributed by atoms with van der Waals surface area (Å²) in [6, 6.07) is 10.2. The van der Waals surface area contributed by atoms with Crippen LogP contribution < -0.4 is 0 Å². The number of benzene rings is 2. The number of hydrogen-bond donors (Lipinski definition) is 0. The first kappa shape index (κ1) is 22.3. The number of Topliss-reactive ketones (excluding diaryl/α,β-unsaturated/α-hetero) is 1. The van der Waals surface area contributed by atoms with Gasteiger partial charge in [-0.15, -0.1) is 0 Å². The van der Waals surface area contributed by atoms with E-state index in [0.29, 0.717) is 36.1 Å². The van der Waals surface area contributed by atoms with Gasteiger partial charge in [-0.3, -0.25) is 9.69 Å². The molecule has 8 heteroatoms. The summed E-state index contributed by atoms with van der Waals surface area (Å²) in [5.74, 6) is -0.944. The number of esters is 1. The van der Waals surface area contributed by atoms with Crippen molar-refractivity contribution in [1.82, 2.24) is 4.90 Å². The number of ketones is 1. The maximum atomic E-state index is 12.6. The van der Waals surface area contributed by atoms with Gasteiger partial charge in [0.15, 0.2) is 12.4 Å². The monoisotopic (exact) mass is 501 g/mol. The molecule has 1 aromatic heterocycles. The van der Waals surface area contributed by atoms with E-state index in [9.17, 15) is 14.4 Å². The molecule has 1 amide bonds. The van der Waals surface area contributed by atoms with Crippen molar-refractivity contribution in [2.24, 2.45) is 0 Å². The third-order valence-corrected chi connectivity index (χ3v) is 5.75. The van der Waals surface area contributed by atoms with Crippen LogP contribution in [0.1, 0.15) is 44.0 Å². The van der Waals surface area contributed by atoms with Crippen molar-refractivity contribution >= 4 is 55.7 Å². The number of hydrogen-bond acceptors (Lipinski definition) is 6. The van der Waals surface area contributed by atoms with Crippen molar-refractivity contribution in [3.8, 4) is 0 Å². The zero-order valence-electron chi connectivity index (χ0n) is 18.1. The highest BCUT2D eigenvalue weighted by Crippen LogP contribution is 2.31. The largest absolute Gasteiger partial charge is 0.456 e. The third kappa shape index (κ3) is 4.65. The molecule has 0 saturated carbocycles. The molecule has 0 spiro atoms. The van der Waals surface area contributed by atoms with Gasteiger partial charge in [0.25, 0.3) is 0 Å². The van der Waals surface area contributed by atoms with Crippen molar-refractivity contribution in [3.63, 3.8) is 0 Å². The molecular formula is C24H24BrNO6. The van der Waals surface area contributed by atoms with Crippen molar-refractivity contribution in [2.75, 3.05) is 13.2 Å². The number of likely N-dealkylation sites (tertiary alicyclic amines) is 1. The minimum Gasteiger partial charge on any atom is -0.456 e. The number of carbonyl (C=O) groups excluding carboxylic acids is 3. The van der Waals surface area contributed by atoms with E-state index in [1.54, 1.807) is 32.9 Å². The number of ether oxygens (including phenoxy) is 2. The van der Waals surface area contributed by atoms with Crippen LogP contribution in [-0.2, 0) is 14.3 Å². The lowest BCUT2D eigenvalue weighted by Gasteiger charge is -2.27. The highest BCUT2D eigenvalue weighted by Gasteiger charge is 2.37. The third-order valence-electron chi connectivity index (χ3n) is 5.26. The Morgan fingerprint density at radius 2 is 1.78 bits per heavy atom. The lowest BCUT2D eigenvalue weighted by molar-refractivity contribution is -0.147. The van der Waals surface area contributed by atoms with E-state index in [0.717, 1.165) is 15.2 Å². The number of rotatable bonds is 4. The average molecular weight is 502 g/mol. The van der Waals surface area contributed by atoms with Crippen LogP contribution in [0.25, 0.3) is 21.9 Å². The first-order chi connectivity index (χ1) is 15.1. The predicted molar refractivity (Wildman–Crippen MR) is 123 cm³/mol. The van der Waals surface area contributed by atoms with Crippen LogP contribution in [-0.4, -0.2) is 47.5 Å². The first-order valence-electron chi connectivity index (χ1n) is 10.4. The lowest BCUT2D eigenvalue weighted by atomic mass is 10.1. The van der Waals surface area contributed by atoms with Crippen molar-refractivity contribution in [2.45, 2.75) is 45.3 Å². The zero-order valence-corrected chi connectivity index (χ0v) is 19.7. The molecule has 1 aliphatic rings. The molecule has 3 aromatic rings. The van der Waals surface area contributed by atoms with Crippen molar-refractivity contribution in [1.29, 1.82) is 0 Å². The normalized spacial score (nSPS) is 16.5. The van der Waals surface area contributed by atoms with Crippen LogP contribution in [0.2, 0.25) is 0 Å². The molecule has 1 aliphatic heterocycles. The van der Waals surface area contributed by atoms with Crippen LogP contribution in [0.4, 0.5) is 4.79 Å². The Morgan fingerprint density at radius 1 is 1.09 bits per heavy atom. The molecule has 0 aliphatic carbocycles. The number of carbonyl (C=O) groups is 3. The molecule has 32 heavy (non-hydrogen) atoms. The van der Waals surface area contributed by atoms with E-state index in [2.05, 4.69) is 15.9 Å². The van der Waals surface area contributed by atoms with Gasteiger partial charge in [-0.2, -0.15) is 0 Å². The van der Waals surface area contributed by atoms with Crippen LogP contribution in [0.5, 0.6) is 0 Å². The van der Waals surface area contributed by atoms with Crippen molar-refractivity contribution in [3.05, 3.63) is 46.4 Å². The predicted octanol–water partition coefficient (Wildman–Crippen LogP) is 5.47. The molecule has 2 heterocycles. The second kappa shape index (κ2) is 8.58.